The van der Waals surface area contributed by atoms with Crippen LogP contribution in [0.4, 0.5) is 0 Å². The van der Waals surface area contributed by atoms with Gasteiger partial charge in [0, 0.05) is 0 Å². The van der Waals surface area contributed by atoms with E-state index in [1.54, 1.807) is 6.07 Å². The summed E-state index contributed by atoms with van der Waals surface area (Å²) in [4.78, 5) is 0. The van der Waals surface area contributed by atoms with Crippen LogP contribution in [0.1, 0.15) is 24.0 Å². The van der Waals surface area contributed by atoms with Gasteiger partial charge in [0.2, 0.25) is 0 Å². The summed E-state index contributed by atoms with van der Waals surface area (Å²) in [5, 5.41) is 12.4. The van der Waals surface area contributed by atoms with E-state index in [1.807, 2.05) is 19.1 Å². The van der Waals surface area contributed by atoms with Crippen molar-refractivity contribution in [1.29, 1.82) is 5.26 Å². The van der Waals surface area contributed by atoms with Gasteiger partial charge in [-0.2, -0.15) is 5.26 Å². The van der Waals surface area contributed by atoms with Crippen LogP contribution in [0.15, 0.2) is 18.2 Å². The van der Waals surface area contributed by atoms with Crippen LogP contribution >= 0.6 is 0 Å². The average Bonchev–Trinajstić information content (AvgIpc) is 2.84. The Labute approximate surface area is 102 Å². The lowest BCUT2D eigenvalue weighted by Gasteiger charge is -2.12. The van der Waals surface area contributed by atoms with E-state index < -0.39 is 0 Å². The van der Waals surface area contributed by atoms with Gasteiger partial charge in [-0.25, -0.2) is 0 Å². The second kappa shape index (κ2) is 5.70. The molecule has 3 heteroatoms. The highest BCUT2D eigenvalue weighted by Crippen LogP contribution is 2.23. The van der Waals surface area contributed by atoms with Gasteiger partial charge in [-0.1, -0.05) is 12.1 Å². The first kappa shape index (κ1) is 11.9. The van der Waals surface area contributed by atoms with Crippen molar-refractivity contribution in [2.45, 2.75) is 19.8 Å². The fourth-order valence-electron chi connectivity index (χ4n) is 2.22. The van der Waals surface area contributed by atoms with Gasteiger partial charge in [0.05, 0.1) is 12.2 Å². The molecule has 0 spiro atoms. The third-order valence-electron chi connectivity index (χ3n) is 3.27. The summed E-state index contributed by atoms with van der Waals surface area (Å²) in [5.41, 5.74) is 1.67. The van der Waals surface area contributed by atoms with E-state index in [1.165, 1.54) is 6.42 Å². The van der Waals surface area contributed by atoms with E-state index >= 15 is 0 Å². The average molecular weight is 230 g/mol. The molecule has 1 unspecified atom stereocenters. The van der Waals surface area contributed by atoms with E-state index in [4.69, 9.17) is 10.00 Å². The summed E-state index contributed by atoms with van der Waals surface area (Å²) in [7, 11) is 0. The van der Waals surface area contributed by atoms with Crippen LogP contribution < -0.4 is 10.1 Å². The maximum Gasteiger partial charge on any atom is 0.139 e. The maximum atomic E-state index is 9.01. The van der Waals surface area contributed by atoms with Crippen molar-refractivity contribution in [2.24, 2.45) is 5.92 Å². The van der Waals surface area contributed by atoms with Gasteiger partial charge < -0.3 is 10.1 Å². The number of nitrogens with one attached hydrogen (secondary N) is 1. The summed E-state index contributed by atoms with van der Waals surface area (Å²) < 4.78 is 5.77. The highest BCUT2D eigenvalue weighted by atomic mass is 16.5. The fourth-order valence-corrected chi connectivity index (χ4v) is 2.22. The molecule has 0 bridgehead atoms. The maximum absolute atomic E-state index is 9.01. The van der Waals surface area contributed by atoms with E-state index in [2.05, 4.69) is 11.4 Å². The summed E-state index contributed by atoms with van der Waals surface area (Å²) in [6.45, 7) is 4.90. The lowest BCUT2D eigenvalue weighted by molar-refractivity contribution is 0.281. The minimum Gasteiger partial charge on any atom is -0.492 e. The van der Waals surface area contributed by atoms with E-state index in [9.17, 15) is 0 Å². The molecule has 0 aromatic heterocycles. The minimum absolute atomic E-state index is 0.634. The molecule has 1 aliphatic heterocycles. The second-order valence-electron chi connectivity index (χ2n) is 4.56. The van der Waals surface area contributed by atoms with Crippen molar-refractivity contribution in [1.82, 2.24) is 5.32 Å². The van der Waals surface area contributed by atoms with Gasteiger partial charge in [-0.05, 0) is 50.4 Å². The molecular weight excluding hydrogens is 212 g/mol. The van der Waals surface area contributed by atoms with E-state index in [-0.39, 0.29) is 0 Å². The largest absolute Gasteiger partial charge is 0.492 e. The smallest absolute Gasteiger partial charge is 0.139 e. The molecule has 1 aromatic rings. The SMILES string of the molecule is Cc1cccc(C#N)c1OCCC1CCNC1. The van der Waals surface area contributed by atoms with Crippen LogP contribution in [0.2, 0.25) is 0 Å². The zero-order valence-corrected chi connectivity index (χ0v) is 10.2. The molecule has 17 heavy (non-hydrogen) atoms. The Balaban J connectivity index is 1.92. The highest BCUT2D eigenvalue weighted by Gasteiger charge is 2.14. The standard InChI is InChI=1S/C14H18N2O/c1-11-3-2-4-13(9-15)14(11)17-8-6-12-5-7-16-10-12/h2-4,12,16H,5-8,10H2,1H3. The van der Waals surface area contributed by atoms with Crippen LogP contribution in [0.3, 0.4) is 0 Å². The quantitative estimate of drug-likeness (QED) is 0.862. The molecule has 1 atom stereocenters. The van der Waals surface area contributed by atoms with Gasteiger partial charge in [0.15, 0.2) is 0 Å². The van der Waals surface area contributed by atoms with Gasteiger partial charge in [-0.15, -0.1) is 0 Å². The molecule has 0 radical (unpaired) electrons. The Morgan fingerprint density at radius 3 is 3.12 bits per heavy atom. The number of nitriles is 1. The number of aryl methyl sites for hydroxylation is 1. The number of hydrogen-bond acceptors (Lipinski definition) is 3. The molecule has 1 saturated heterocycles. The van der Waals surface area contributed by atoms with Crippen LogP contribution in [0, 0.1) is 24.2 Å². The van der Waals surface area contributed by atoms with Gasteiger partial charge in [0.25, 0.3) is 0 Å². The molecule has 0 amide bonds. The first-order valence-corrected chi connectivity index (χ1v) is 6.14. The Kier molecular flexibility index (Phi) is 4.00. The van der Waals surface area contributed by atoms with E-state index in [0.717, 1.165) is 36.7 Å². The first-order chi connectivity index (χ1) is 8.31. The Morgan fingerprint density at radius 1 is 1.53 bits per heavy atom. The Morgan fingerprint density at radius 2 is 2.41 bits per heavy atom. The Bertz CT molecular complexity index is 417. The number of para-hydroxylation sites is 1. The Hall–Kier alpha value is -1.53. The van der Waals surface area contributed by atoms with Crippen molar-refractivity contribution in [2.75, 3.05) is 19.7 Å². The lowest BCUT2D eigenvalue weighted by atomic mass is 10.1. The van der Waals surface area contributed by atoms with Crippen molar-refractivity contribution in [3.05, 3.63) is 29.3 Å². The molecule has 3 nitrogen and oxygen atoms in total. The molecule has 0 aliphatic carbocycles. The molecule has 1 N–H and O–H groups in total. The molecule has 1 aliphatic rings. The monoisotopic (exact) mass is 230 g/mol. The number of benzene rings is 1. The zero-order valence-electron chi connectivity index (χ0n) is 10.2. The molecule has 1 aromatic carbocycles. The number of nitrogens with zero attached hydrogens (tertiary/aromatic N) is 1. The highest BCUT2D eigenvalue weighted by molar-refractivity contribution is 5.47. The van der Waals surface area contributed by atoms with Crippen molar-refractivity contribution in [3.63, 3.8) is 0 Å². The zero-order chi connectivity index (χ0) is 12.1. The molecule has 1 fully saturated rings. The molecular formula is C14H18N2O. The third-order valence-corrected chi connectivity index (χ3v) is 3.27. The molecule has 0 saturated carbocycles. The van der Waals surface area contributed by atoms with Gasteiger partial charge in [-0.3, -0.25) is 0 Å². The number of rotatable bonds is 4. The fraction of sp³-hybridized carbons (Fsp3) is 0.500. The minimum atomic E-state index is 0.634. The normalized spacial score (nSPS) is 18.9. The predicted octanol–water partition coefficient (Wildman–Crippen LogP) is 2.25. The van der Waals surface area contributed by atoms with Crippen LogP contribution in [-0.4, -0.2) is 19.7 Å². The van der Waals surface area contributed by atoms with Gasteiger partial charge >= 0.3 is 0 Å². The summed E-state index contributed by atoms with van der Waals surface area (Å²) in [5.74, 6) is 1.48. The molecule has 2 rings (SSSR count). The van der Waals surface area contributed by atoms with Crippen molar-refractivity contribution < 1.29 is 4.74 Å². The van der Waals surface area contributed by atoms with Crippen LogP contribution in [0.5, 0.6) is 5.75 Å². The molecule has 90 valence electrons. The van der Waals surface area contributed by atoms with Crippen molar-refractivity contribution in [3.8, 4) is 11.8 Å². The van der Waals surface area contributed by atoms with E-state index in [0.29, 0.717) is 12.2 Å². The first-order valence-electron chi connectivity index (χ1n) is 6.14. The molecule has 1 heterocycles. The number of ether oxygens (including phenoxy) is 1. The summed E-state index contributed by atoms with van der Waals surface area (Å²) in [6, 6.07) is 7.85. The van der Waals surface area contributed by atoms with Crippen LogP contribution in [0.25, 0.3) is 0 Å². The topological polar surface area (TPSA) is 45.0 Å². The van der Waals surface area contributed by atoms with Crippen molar-refractivity contribution >= 4 is 0 Å². The lowest BCUT2D eigenvalue weighted by Crippen LogP contribution is -2.12. The summed E-state index contributed by atoms with van der Waals surface area (Å²) >= 11 is 0. The van der Waals surface area contributed by atoms with Crippen LogP contribution in [-0.2, 0) is 0 Å². The summed E-state index contributed by atoms with van der Waals surface area (Å²) in [6.07, 6.45) is 2.30. The third kappa shape index (κ3) is 2.98. The second-order valence-corrected chi connectivity index (χ2v) is 4.56. The number of hydrogen-bond donors (Lipinski definition) is 1. The predicted molar refractivity (Wildman–Crippen MR) is 67.0 cm³/mol. The van der Waals surface area contributed by atoms with Gasteiger partial charge in [0.1, 0.15) is 11.8 Å².